The van der Waals surface area contributed by atoms with Gasteiger partial charge in [-0.3, -0.25) is 9.69 Å². The maximum Gasteiger partial charge on any atom is 0.222 e. The maximum absolute atomic E-state index is 13.7. The predicted molar refractivity (Wildman–Crippen MR) is 81.0 cm³/mol. The molecule has 0 bridgehead atoms. The highest BCUT2D eigenvalue weighted by Crippen LogP contribution is 2.24. The summed E-state index contributed by atoms with van der Waals surface area (Å²) in [6.45, 7) is 1.68. The number of hydrogen-bond acceptors (Lipinski definition) is 4. The average Bonchev–Trinajstić information content (AvgIpc) is 2.78. The number of rotatable bonds is 5. The molecule has 1 fully saturated rings. The zero-order valence-corrected chi connectivity index (χ0v) is 13.3. The molecule has 1 heterocycles. The Morgan fingerprint density at radius 2 is 2.18 bits per heavy atom. The first-order valence-corrected chi connectivity index (χ1v) is 7.33. The number of ether oxygens (including phenoxy) is 1. The monoisotopic (exact) mass is 310 g/mol. The summed E-state index contributed by atoms with van der Waals surface area (Å²) in [6.07, 6.45) is -0.186. The molecule has 2 atom stereocenters. The van der Waals surface area contributed by atoms with Crippen molar-refractivity contribution in [3.8, 4) is 5.75 Å². The van der Waals surface area contributed by atoms with E-state index in [2.05, 4.69) is 0 Å². The number of likely N-dealkylation sites (tertiary alicyclic amines) is 1. The lowest BCUT2D eigenvalue weighted by molar-refractivity contribution is -0.130. The van der Waals surface area contributed by atoms with Crippen molar-refractivity contribution < 1.29 is 19.0 Å². The van der Waals surface area contributed by atoms with Gasteiger partial charge in [-0.2, -0.15) is 0 Å². The molecule has 0 spiro atoms. The number of aliphatic hydroxyl groups is 1. The summed E-state index contributed by atoms with van der Waals surface area (Å²) in [7, 11) is 4.85. The summed E-state index contributed by atoms with van der Waals surface area (Å²) >= 11 is 0. The Hall–Kier alpha value is -1.66. The number of halogens is 1. The fourth-order valence-electron chi connectivity index (χ4n) is 2.74. The summed E-state index contributed by atoms with van der Waals surface area (Å²) in [5.41, 5.74) is 0.824. The first-order chi connectivity index (χ1) is 10.4. The topological polar surface area (TPSA) is 53.0 Å². The fourth-order valence-corrected chi connectivity index (χ4v) is 2.74. The van der Waals surface area contributed by atoms with Crippen LogP contribution in [0.25, 0.3) is 0 Å². The second-order valence-corrected chi connectivity index (χ2v) is 5.98. The molecule has 0 unspecified atom stereocenters. The Morgan fingerprint density at radius 1 is 1.45 bits per heavy atom. The molecular formula is C16H23FN2O3. The first kappa shape index (κ1) is 16.7. The number of nitrogens with zero attached hydrogens (tertiary/aromatic N) is 2. The van der Waals surface area contributed by atoms with E-state index in [9.17, 15) is 14.3 Å². The molecule has 1 saturated heterocycles. The molecule has 0 aromatic heterocycles. The van der Waals surface area contributed by atoms with E-state index in [1.165, 1.54) is 18.1 Å². The third-order valence-corrected chi connectivity index (χ3v) is 4.04. The molecule has 22 heavy (non-hydrogen) atoms. The van der Waals surface area contributed by atoms with Crippen LogP contribution >= 0.6 is 0 Å². The largest absolute Gasteiger partial charge is 0.494 e. The fraction of sp³-hybridized carbons (Fsp3) is 0.562. The van der Waals surface area contributed by atoms with E-state index in [0.29, 0.717) is 26.1 Å². The summed E-state index contributed by atoms with van der Waals surface area (Å²) in [5, 5.41) is 10.1. The van der Waals surface area contributed by atoms with Crippen LogP contribution < -0.4 is 4.74 Å². The van der Waals surface area contributed by atoms with Crippen LogP contribution in [0.4, 0.5) is 4.39 Å². The van der Waals surface area contributed by atoms with Gasteiger partial charge in [-0.15, -0.1) is 0 Å². The summed E-state index contributed by atoms with van der Waals surface area (Å²) in [5.74, 6) is -0.224. The van der Waals surface area contributed by atoms with Crippen LogP contribution in [0.3, 0.4) is 0 Å². The Labute approximate surface area is 130 Å². The van der Waals surface area contributed by atoms with Crippen LogP contribution in [0.2, 0.25) is 0 Å². The van der Waals surface area contributed by atoms with E-state index in [4.69, 9.17) is 4.74 Å². The van der Waals surface area contributed by atoms with Crippen molar-refractivity contribution in [2.24, 2.45) is 5.92 Å². The van der Waals surface area contributed by atoms with Crippen molar-refractivity contribution in [1.29, 1.82) is 0 Å². The zero-order valence-electron chi connectivity index (χ0n) is 13.3. The number of benzene rings is 1. The molecular weight excluding hydrogens is 287 g/mol. The summed E-state index contributed by atoms with van der Waals surface area (Å²) in [6, 6.07) is 4.86. The van der Waals surface area contributed by atoms with Crippen molar-refractivity contribution in [3.05, 3.63) is 29.6 Å². The Balaban J connectivity index is 1.95. The lowest BCUT2D eigenvalue weighted by atomic mass is 10.0. The Morgan fingerprint density at radius 3 is 2.77 bits per heavy atom. The minimum Gasteiger partial charge on any atom is -0.494 e. The lowest BCUT2D eigenvalue weighted by Crippen LogP contribution is -2.28. The third-order valence-electron chi connectivity index (χ3n) is 4.04. The molecule has 1 aliphatic heterocycles. The second-order valence-electron chi connectivity index (χ2n) is 5.98. The number of amides is 1. The molecule has 6 heteroatoms. The van der Waals surface area contributed by atoms with Gasteiger partial charge in [0.2, 0.25) is 5.91 Å². The molecule has 1 aliphatic rings. The smallest absolute Gasteiger partial charge is 0.222 e. The number of aliphatic hydroxyl groups excluding tert-OH is 1. The van der Waals surface area contributed by atoms with Crippen LogP contribution in [0.15, 0.2) is 18.2 Å². The molecule has 1 aromatic rings. The minimum atomic E-state index is -0.521. The average molecular weight is 310 g/mol. The van der Waals surface area contributed by atoms with Crippen molar-refractivity contribution in [2.75, 3.05) is 34.3 Å². The first-order valence-electron chi connectivity index (χ1n) is 7.33. The summed E-state index contributed by atoms with van der Waals surface area (Å²) in [4.78, 5) is 15.3. The summed E-state index contributed by atoms with van der Waals surface area (Å²) < 4.78 is 18.6. The van der Waals surface area contributed by atoms with E-state index < -0.39 is 6.10 Å². The van der Waals surface area contributed by atoms with Crippen LogP contribution in [0.5, 0.6) is 5.75 Å². The highest BCUT2D eigenvalue weighted by atomic mass is 19.1. The molecule has 1 aromatic carbocycles. The number of carbonyl (C=O) groups is 1. The van der Waals surface area contributed by atoms with Gasteiger partial charge in [0.15, 0.2) is 11.6 Å². The van der Waals surface area contributed by atoms with Crippen molar-refractivity contribution in [1.82, 2.24) is 9.80 Å². The Bertz CT molecular complexity index is 536. The van der Waals surface area contributed by atoms with Crippen LogP contribution in [-0.2, 0) is 11.3 Å². The minimum absolute atomic E-state index is 0.0152. The van der Waals surface area contributed by atoms with Gasteiger partial charge in [0.1, 0.15) is 0 Å². The Kier molecular flexibility index (Phi) is 5.37. The third kappa shape index (κ3) is 3.96. The van der Waals surface area contributed by atoms with Crippen LogP contribution in [0, 0.1) is 11.7 Å². The highest BCUT2D eigenvalue weighted by Gasteiger charge is 2.33. The molecule has 5 nitrogen and oxygen atoms in total. The zero-order chi connectivity index (χ0) is 16.3. The van der Waals surface area contributed by atoms with Crippen molar-refractivity contribution in [3.63, 3.8) is 0 Å². The van der Waals surface area contributed by atoms with Gasteiger partial charge in [0.25, 0.3) is 0 Å². The van der Waals surface area contributed by atoms with Gasteiger partial charge in [-0.05, 0) is 17.7 Å². The van der Waals surface area contributed by atoms with Gasteiger partial charge >= 0.3 is 0 Å². The molecule has 2 rings (SSSR count). The molecule has 122 valence electrons. The molecule has 0 radical (unpaired) electrons. The SMILES string of the molecule is COc1ccc(CN2C[C@H](CC(=O)N(C)C)[C@@H](O)C2)cc1F. The van der Waals surface area contributed by atoms with E-state index in [1.54, 1.807) is 20.2 Å². The van der Waals surface area contributed by atoms with Gasteiger partial charge in [0, 0.05) is 46.1 Å². The molecule has 0 saturated carbocycles. The normalized spacial score (nSPS) is 21.9. The number of methoxy groups -OCH3 is 1. The number of β-amino-alcohol motifs (C(OH)–C–C–N with tert-alkyl or cyclic N) is 1. The van der Waals surface area contributed by atoms with Gasteiger partial charge < -0.3 is 14.7 Å². The quantitative estimate of drug-likeness (QED) is 0.885. The second kappa shape index (κ2) is 7.07. The molecule has 1 amide bonds. The molecule has 0 aliphatic carbocycles. The number of carbonyl (C=O) groups excluding carboxylic acids is 1. The van der Waals surface area contributed by atoms with Crippen molar-refractivity contribution >= 4 is 5.91 Å². The maximum atomic E-state index is 13.7. The molecule has 1 N–H and O–H groups in total. The van der Waals surface area contributed by atoms with E-state index in [1.807, 2.05) is 11.0 Å². The predicted octanol–water partition coefficient (Wildman–Crippen LogP) is 1.11. The van der Waals surface area contributed by atoms with E-state index >= 15 is 0 Å². The van der Waals surface area contributed by atoms with E-state index in [-0.39, 0.29) is 23.4 Å². The van der Waals surface area contributed by atoms with Gasteiger partial charge in [0.05, 0.1) is 13.2 Å². The van der Waals surface area contributed by atoms with Gasteiger partial charge in [-0.25, -0.2) is 4.39 Å². The van der Waals surface area contributed by atoms with Crippen LogP contribution in [0.1, 0.15) is 12.0 Å². The standard InChI is InChI=1S/C16H23FN2O3/c1-18(2)16(21)7-12-9-19(10-14(12)20)8-11-4-5-15(22-3)13(17)6-11/h4-6,12,14,20H,7-10H2,1-3H3/t12-,14-/m0/s1. The van der Waals surface area contributed by atoms with Crippen LogP contribution in [-0.4, -0.2) is 61.2 Å². The van der Waals surface area contributed by atoms with E-state index in [0.717, 1.165) is 5.56 Å². The van der Waals surface area contributed by atoms with Crippen molar-refractivity contribution in [2.45, 2.75) is 19.1 Å². The lowest BCUT2D eigenvalue weighted by Gasteiger charge is -2.17. The number of hydrogen-bond donors (Lipinski definition) is 1. The van der Waals surface area contributed by atoms with Gasteiger partial charge in [-0.1, -0.05) is 6.07 Å². The highest BCUT2D eigenvalue weighted by molar-refractivity contribution is 5.75.